The third-order valence-electron chi connectivity index (χ3n) is 5.18. The monoisotopic (exact) mass is 410 g/mol. The topological polar surface area (TPSA) is 98.5 Å². The maximum Gasteiger partial charge on any atom is 0.309 e. The number of hydrogen-bond donors (Lipinski definition) is 2. The van der Waals surface area contributed by atoms with E-state index in [0.717, 1.165) is 27.5 Å². The van der Waals surface area contributed by atoms with Crippen molar-refractivity contribution in [1.29, 1.82) is 0 Å². The number of rotatable bonds is 6. The molecule has 0 saturated carbocycles. The van der Waals surface area contributed by atoms with E-state index < -0.39 is 22.1 Å². The van der Waals surface area contributed by atoms with Crippen LogP contribution in [0.1, 0.15) is 22.7 Å². The first-order valence-corrected chi connectivity index (χ1v) is 11.0. The van der Waals surface area contributed by atoms with Crippen LogP contribution >= 0.6 is 0 Å². The van der Waals surface area contributed by atoms with Crippen LogP contribution in [-0.4, -0.2) is 26.6 Å². The quantitative estimate of drug-likeness (QED) is 0.608. The SMILES string of the molecule is NC(=O)C1NCCc2cc(OS(=O)(=O)CCc3cccc4ccccc34)ccc21. The zero-order valence-corrected chi connectivity index (χ0v) is 16.6. The summed E-state index contributed by atoms with van der Waals surface area (Å²) in [4.78, 5) is 11.6. The Kier molecular flexibility index (Phi) is 5.25. The van der Waals surface area contributed by atoms with Gasteiger partial charge in [0.2, 0.25) is 5.91 Å². The van der Waals surface area contributed by atoms with E-state index in [-0.39, 0.29) is 11.5 Å². The molecule has 1 amide bonds. The Morgan fingerprint density at radius 2 is 1.90 bits per heavy atom. The van der Waals surface area contributed by atoms with Crippen LogP contribution in [0.3, 0.4) is 0 Å². The smallest absolute Gasteiger partial charge is 0.309 e. The average molecular weight is 410 g/mol. The Bertz CT molecular complexity index is 1170. The molecule has 1 unspecified atom stereocenters. The van der Waals surface area contributed by atoms with Crippen LogP contribution in [-0.2, 0) is 27.8 Å². The van der Waals surface area contributed by atoms with Crippen LogP contribution in [0.15, 0.2) is 60.7 Å². The highest BCUT2D eigenvalue weighted by atomic mass is 32.2. The van der Waals surface area contributed by atoms with Crippen molar-refractivity contribution in [3.63, 3.8) is 0 Å². The number of benzene rings is 3. The summed E-state index contributed by atoms with van der Waals surface area (Å²) in [5, 5.41) is 5.19. The van der Waals surface area contributed by atoms with E-state index in [4.69, 9.17) is 9.92 Å². The first kappa shape index (κ1) is 19.4. The summed E-state index contributed by atoms with van der Waals surface area (Å²) in [7, 11) is -3.77. The van der Waals surface area contributed by atoms with Gasteiger partial charge in [-0.1, -0.05) is 48.5 Å². The molecule has 0 spiro atoms. The molecule has 0 saturated heterocycles. The van der Waals surface area contributed by atoms with E-state index in [1.54, 1.807) is 18.2 Å². The summed E-state index contributed by atoms with van der Waals surface area (Å²) in [6, 6.07) is 18.2. The molecule has 0 bridgehead atoms. The molecule has 7 heteroatoms. The number of amides is 1. The highest BCUT2D eigenvalue weighted by Crippen LogP contribution is 2.27. The van der Waals surface area contributed by atoms with Crippen molar-refractivity contribution < 1.29 is 17.4 Å². The van der Waals surface area contributed by atoms with E-state index in [0.29, 0.717) is 19.4 Å². The van der Waals surface area contributed by atoms with Crippen LogP contribution in [0.2, 0.25) is 0 Å². The van der Waals surface area contributed by atoms with Gasteiger partial charge in [-0.25, -0.2) is 0 Å². The molecule has 0 fully saturated rings. The summed E-state index contributed by atoms with van der Waals surface area (Å²) >= 11 is 0. The summed E-state index contributed by atoms with van der Waals surface area (Å²) in [5.74, 6) is -0.321. The molecular formula is C22H22N2O4S. The maximum atomic E-state index is 12.5. The molecule has 1 aliphatic rings. The van der Waals surface area contributed by atoms with E-state index in [1.165, 1.54) is 0 Å². The fourth-order valence-corrected chi connectivity index (χ4v) is 4.73. The van der Waals surface area contributed by atoms with Crippen molar-refractivity contribution in [2.45, 2.75) is 18.9 Å². The number of hydrogen-bond acceptors (Lipinski definition) is 5. The summed E-state index contributed by atoms with van der Waals surface area (Å²) in [5.41, 5.74) is 8.03. The second kappa shape index (κ2) is 7.85. The Morgan fingerprint density at radius 3 is 2.72 bits per heavy atom. The van der Waals surface area contributed by atoms with Gasteiger partial charge in [0.1, 0.15) is 11.8 Å². The van der Waals surface area contributed by atoms with Gasteiger partial charge in [-0.05, 0) is 52.4 Å². The van der Waals surface area contributed by atoms with Crippen molar-refractivity contribution >= 4 is 26.8 Å². The van der Waals surface area contributed by atoms with Crippen molar-refractivity contribution in [2.75, 3.05) is 12.3 Å². The number of nitrogens with two attached hydrogens (primary N) is 1. The predicted octanol–water partition coefficient (Wildman–Crippen LogP) is 2.46. The molecule has 1 aliphatic heterocycles. The molecule has 1 heterocycles. The molecule has 0 aromatic heterocycles. The molecule has 0 radical (unpaired) electrons. The average Bonchev–Trinajstić information content (AvgIpc) is 2.71. The highest BCUT2D eigenvalue weighted by molar-refractivity contribution is 7.87. The fraction of sp³-hybridized carbons (Fsp3) is 0.227. The third kappa shape index (κ3) is 4.26. The van der Waals surface area contributed by atoms with Crippen LogP contribution in [0, 0.1) is 0 Å². The fourth-order valence-electron chi connectivity index (χ4n) is 3.78. The molecule has 3 aromatic rings. The van der Waals surface area contributed by atoms with Crippen LogP contribution in [0.25, 0.3) is 10.8 Å². The van der Waals surface area contributed by atoms with E-state index >= 15 is 0 Å². The molecule has 150 valence electrons. The highest BCUT2D eigenvalue weighted by Gasteiger charge is 2.25. The van der Waals surface area contributed by atoms with E-state index in [2.05, 4.69) is 5.32 Å². The second-order valence-electron chi connectivity index (χ2n) is 7.13. The number of primary amides is 1. The van der Waals surface area contributed by atoms with Gasteiger partial charge < -0.3 is 15.2 Å². The van der Waals surface area contributed by atoms with Crippen molar-refractivity contribution in [2.24, 2.45) is 5.73 Å². The molecule has 1 atom stereocenters. The van der Waals surface area contributed by atoms with Crippen molar-refractivity contribution in [3.05, 3.63) is 77.4 Å². The molecular weight excluding hydrogens is 388 g/mol. The van der Waals surface area contributed by atoms with Gasteiger partial charge in [-0.15, -0.1) is 0 Å². The molecule has 4 rings (SSSR count). The minimum absolute atomic E-state index is 0.121. The Balaban J connectivity index is 1.50. The number of fused-ring (bicyclic) bond motifs is 2. The van der Waals surface area contributed by atoms with Gasteiger partial charge in [0.05, 0.1) is 5.75 Å². The lowest BCUT2D eigenvalue weighted by molar-refractivity contribution is -0.120. The van der Waals surface area contributed by atoms with Crippen LogP contribution in [0.5, 0.6) is 5.75 Å². The lowest BCUT2D eigenvalue weighted by Crippen LogP contribution is -2.38. The number of aryl methyl sites for hydroxylation is 1. The Morgan fingerprint density at radius 1 is 1.10 bits per heavy atom. The number of carbonyl (C=O) groups excluding carboxylic acids is 1. The van der Waals surface area contributed by atoms with Crippen molar-refractivity contribution in [1.82, 2.24) is 5.32 Å². The molecule has 3 aromatic carbocycles. The Hall–Kier alpha value is -2.90. The lowest BCUT2D eigenvalue weighted by atomic mass is 9.94. The predicted molar refractivity (Wildman–Crippen MR) is 112 cm³/mol. The molecule has 0 aliphatic carbocycles. The molecule has 3 N–H and O–H groups in total. The van der Waals surface area contributed by atoms with Gasteiger partial charge in [0.25, 0.3) is 0 Å². The van der Waals surface area contributed by atoms with Crippen LogP contribution in [0.4, 0.5) is 0 Å². The summed E-state index contributed by atoms with van der Waals surface area (Å²) in [6.45, 7) is 0.595. The van der Waals surface area contributed by atoms with Gasteiger partial charge in [-0.2, -0.15) is 8.42 Å². The lowest BCUT2D eigenvalue weighted by Gasteiger charge is -2.24. The van der Waals surface area contributed by atoms with Crippen molar-refractivity contribution in [3.8, 4) is 5.75 Å². The minimum atomic E-state index is -3.77. The molecule has 29 heavy (non-hydrogen) atoms. The van der Waals surface area contributed by atoms with Gasteiger partial charge in [0, 0.05) is 6.54 Å². The van der Waals surface area contributed by atoms with Crippen LogP contribution < -0.4 is 15.2 Å². The van der Waals surface area contributed by atoms with Gasteiger partial charge in [0.15, 0.2) is 0 Å². The zero-order chi connectivity index (χ0) is 20.4. The zero-order valence-electron chi connectivity index (χ0n) is 15.8. The minimum Gasteiger partial charge on any atom is -0.382 e. The third-order valence-corrected chi connectivity index (χ3v) is 6.33. The first-order valence-electron chi connectivity index (χ1n) is 9.47. The summed E-state index contributed by atoms with van der Waals surface area (Å²) in [6.07, 6.45) is 1.04. The number of carbonyl (C=O) groups is 1. The first-order chi connectivity index (χ1) is 13.9. The number of nitrogens with one attached hydrogen (secondary N) is 1. The molecule has 6 nitrogen and oxygen atoms in total. The van der Waals surface area contributed by atoms with Gasteiger partial charge in [-0.3, -0.25) is 4.79 Å². The normalized spacial score (nSPS) is 16.3. The largest absolute Gasteiger partial charge is 0.382 e. The van der Waals surface area contributed by atoms with E-state index in [9.17, 15) is 13.2 Å². The maximum absolute atomic E-state index is 12.5. The van der Waals surface area contributed by atoms with E-state index in [1.807, 2.05) is 42.5 Å². The summed E-state index contributed by atoms with van der Waals surface area (Å²) < 4.78 is 30.4. The standard InChI is InChI=1S/C22H22N2O4S/c23-22(25)21-20-9-8-18(14-17(20)10-12-24-21)28-29(26,27)13-11-16-6-3-5-15-4-1-2-7-19(15)16/h1-9,14,21,24H,10-13H2,(H2,23,25). The van der Waals surface area contributed by atoms with Gasteiger partial charge >= 0.3 is 10.1 Å². The Labute approximate surface area is 169 Å². The second-order valence-corrected chi connectivity index (χ2v) is 8.82.